The van der Waals surface area contributed by atoms with Crippen molar-refractivity contribution in [2.24, 2.45) is 0 Å². The molecule has 224 valence electrons. The Hall–Kier alpha value is -3.97. The van der Waals surface area contributed by atoms with E-state index in [4.69, 9.17) is 19.2 Å². The Morgan fingerprint density at radius 2 is 1.90 bits per heavy atom. The fourth-order valence-electron chi connectivity index (χ4n) is 5.30. The van der Waals surface area contributed by atoms with E-state index in [1.54, 1.807) is 20.9 Å². The van der Waals surface area contributed by atoms with Gasteiger partial charge in [0.05, 0.1) is 41.0 Å². The molecule has 42 heavy (non-hydrogen) atoms. The number of likely N-dealkylation sites (N-methyl/N-ethyl adjacent to an activating group) is 1. The van der Waals surface area contributed by atoms with Crippen molar-refractivity contribution in [3.63, 3.8) is 0 Å². The molecule has 4 aromatic rings. The van der Waals surface area contributed by atoms with E-state index in [-0.39, 0.29) is 36.3 Å². The second-order valence-corrected chi connectivity index (χ2v) is 10.8. The largest absolute Gasteiger partial charge is 0.491 e. The molecule has 1 atom stereocenters. The summed E-state index contributed by atoms with van der Waals surface area (Å²) >= 11 is 0. The zero-order chi connectivity index (χ0) is 30.3. The van der Waals surface area contributed by atoms with Crippen LogP contribution in [0.25, 0.3) is 22.6 Å². The highest BCUT2D eigenvalue weighted by Gasteiger charge is 2.36. The normalized spacial score (nSPS) is 14.1. The second-order valence-electron chi connectivity index (χ2n) is 10.8. The van der Waals surface area contributed by atoms with E-state index in [0.29, 0.717) is 47.2 Å². The lowest BCUT2D eigenvalue weighted by Gasteiger charge is -2.23. The first-order chi connectivity index (χ1) is 19.9. The van der Waals surface area contributed by atoms with Crippen molar-refractivity contribution < 1.29 is 27.5 Å². The fraction of sp³-hybridized carbons (Fsp3) is 0.448. The van der Waals surface area contributed by atoms with Gasteiger partial charge >= 0.3 is 6.18 Å². The van der Waals surface area contributed by atoms with Crippen molar-refractivity contribution in [2.75, 3.05) is 25.1 Å². The van der Waals surface area contributed by atoms with Crippen molar-refractivity contribution in [1.29, 1.82) is 0 Å². The number of halogens is 3. The Balaban J connectivity index is 1.67. The molecule has 4 heterocycles. The van der Waals surface area contributed by atoms with E-state index < -0.39 is 17.8 Å². The number of aliphatic hydroxyl groups is 1. The molecule has 0 bridgehead atoms. The first kappa shape index (κ1) is 29.5. The van der Waals surface area contributed by atoms with Crippen LogP contribution in [0.5, 0.6) is 5.75 Å². The van der Waals surface area contributed by atoms with Gasteiger partial charge in [0.2, 0.25) is 0 Å². The van der Waals surface area contributed by atoms with Crippen molar-refractivity contribution in [2.45, 2.75) is 66.0 Å². The van der Waals surface area contributed by atoms with Crippen LogP contribution in [0.4, 0.5) is 19.0 Å². The highest BCUT2D eigenvalue weighted by Crippen LogP contribution is 2.42. The highest BCUT2D eigenvalue weighted by atomic mass is 19.4. The van der Waals surface area contributed by atoms with Gasteiger partial charge in [-0.1, -0.05) is 5.16 Å². The van der Waals surface area contributed by atoms with Gasteiger partial charge in [-0.3, -0.25) is 4.68 Å². The molecule has 2 N–H and O–H groups in total. The van der Waals surface area contributed by atoms with Gasteiger partial charge in [0.15, 0.2) is 5.82 Å². The van der Waals surface area contributed by atoms with Crippen LogP contribution in [0.3, 0.4) is 0 Å². The summed E-state index contributed by atoms with van der Waals surface area (Å²) < 4.78 is 56.0. The number of hydrogen-bond acceptors (Lipinski definition) is 9. The molecular formula is C29H34F3N7O3. The Kier molecular flexibility index (Phi) is 7.99. The molecule has 0 saturated carbocycles. The lowest BCUT2D eigenvalue weighted by molar-refractivity contribution is -0.137. The maximum Gasteiger partial charge on any atom is 0.417 e. The monoisotopic (exact) mass is 585 g/mol. The van der Waals surface area contributed by atoms with Gasteiger partial charge in [-0.15, -0.1) is 0 Å². The zero-order valence-corrected chi connectivity index (χ0v) is 24.4. The molecule has 3 aromatic heterocycles. The number of alkyl halides is 3. The molecule has 1 aliphatic heterocycles. The molecule has 0 radical (unpaired) electrons. The second kappa shape index (κ2) is 11.4. The third-order valence-electron chi connectivity index (χ3n) is 7.29. The summed E-state index contributed by atoms with van der Waals surface area (Å²) in [6, 6.07) is 3.61. The lowest BCUT2D eigenvalue weighted by Crippen LogP contribution is -2.29. The first-order valence-electron chi connectivity index (χ1n) is 13.7. The number of nitrogens with zero attached hydrogens (tertiary/aromatic N) is 6. The van der Waals surface area contributed by atoms with Crippen molar-refractivity contribution in [1.82, 2.24) is 30.2 Å². The number of nitrogens with one attached hydrogen (secondary N) is 1. The number of benzene rings is 1. The van der Waals surface area contributed by atoms with E-state index in [1.807, 2.05) is 36.5 Å². The number of fused-ring (bicyclic) bond motifs is 1. The summed E-state index contributed by atoms with van der Waals surface area (Å²) in [6.07, 6.45) is -3.69. The summed E-state index contributed by atoms with van der Waals surface area (Å²) in [5.74, 6) is 1.05. The quantitative estimate of drug-likeness (QED) is 0.280. The maximum absolute atomic E-state index is 14.3. The average Bonchev–Trinajstić information content (AvgIpc) is 3.61. The Morgan fingerprint density at radius 3 is 2.55 bits per heavy atom. The molecule has 13 heteroatoms. The molecular weight excluding hydrogens is 551 g/mol. The number of aliphatic hydroxyl groups excluding tert-OH is 1. The smallest absolute Gasteiger partial charge is 0.417 e. The van der Waals surface area contributed by atoms with E-state index >= 15 is 0 Å². The van der Waals surface area contributed by atoms with Crippen molar-refractivity contribution in [3.05, 3.63) is 58.2 Å². The molecule has 0 amide bonds. The number of hydrogen-bond donors (Lipinski definition) is 2. The minimum absolute atomic E-state index is 0.102. The van der Waals surface area contributed by atoms with E-state index in [1.165, 1.54) is 12.1 Å². The molecule has 0 aliphatic carbocycles. The average molecular weight is 586 g/mol. The molecule has 1 aliphatic rings. The Morgan fingerprint density at radius 1 is 1.14 bits per heavy atom. The predicted molar refractivity (Wildman–Crippen MR) is 150 cm³/mol. The van der Waals surface area contributed by atoms with Gasteiger partial charge in [0.25, 0.3) is 0 Å². The van der Waals surface area contributed by atoms with E-state index in [0.717, 1.165) is 17.3 Å². The zero-order valence-electron chi connectivity index (χ0n) is 24.4. The number of ether oxygens (including phenoxy) is 1. The summed E-state index contributed by atoms with van der Waals surface area (Å²) in [7, 11) is 1.68. The molecule has 0 saturated heterocycles. The third kappa shape index (κ3) is 5.58. The number of aromatic nitrogens is 5. The molecule has 0 unspecified atom stereocenters. The summed E-state index contributed by atoms with van der Waals surface area (Å²) in [4.78, 5) is 11.5. The van der Waals surface area contributed by atoms with Crippen LogP contribution in [0, 0.1) is 20.8 Å². The Bertz CT molecular complexity index is 1580. The number of rotatable bonds is 9. The van der Waals surface area contributed by atoms with Gasteiger partial charge in [0.1, 0.15) is 30.0 Å². The summed E-state index contributed by atoms with van der Waals surface area (Å²) in [5.41, 5.74) is 3.25. The van der Waals surface area contributed by atoms with Crippen LogP contribution in [-0.2, 0) is 19.3 Å². The minimum atomic E-state index is -4.68. The van der Waals surface area contributed by atoms with Gasteiger partial charge < -0.3 is 24.6 Å². The van der Waals surface area contributed by atoms with Crippen LogP contribution in [0.15, 0.2) is 28.9 Å². The molecule has 10 nitrogen and oxygen atoms in total. The summed E-state index contributed by atoms with van der Waals surface area (Å²) in [6.45, 7) is 10.6. The van der Waals surface area contributed by atoms with Crippen LogP contribution in [-0.4, -0.2) is 56.3 Å². The molecule has 0 spiro atoms. The van der Waals surface area contributed by atoms with Crippen LogP contribution < -0.4 is 15.0 Å². The number of anilines is 1. The topological polar surface area (TPSA) is 114 Å². The van der Waals surface area contributed by atoms with Gasteiger partial charge in [-0.05, 0) is 59.9 Å². The number of aryl methyl sites for hydroxylation is 2. The van der Waals surface area contributed by atoms with E-state index in [9.17, 15) is 18.3 Å². The molecule has 1 aromatic carbocycles. The van der Waals surface area contributed by atoms with Crippen LogP contribution in [0.2, 0.25) is 0 Å². The highest BCUT2D eigenvalue weighted by molar-refractivity contribution is 5.76. The Labute approximate surface area is 241 Å². The van der Waals surface area contributed by atoms with Crippen LogP contribution in [0.1, 0.15) is 53.7 Å². The van der Waals surface area contributed by atoms with Crippen molar-refractivity contribution >= 4 is 5.82 Å². The first-order valence-corrected chi connectivity index (χ1v) is 13.7. The maximum atomic E-state index is 14.3. The molecule has 0 fully saturated rings. The van der Waals surface area contributed by atoms with Gasteiger partial charge in [-0.25, -0.2) is 9.97 Å². The van der Waals surface area contributed by atoms with E-state index in [2.05, 4.69) is 15.6 Å². The van der Waals surface area contributed by atoms with Gasteiger partial charge in [0, 0.05) is 35.8 Å². The van der Waals surface area contributed by atoms with Gasteiger partial charge in [-0.2, -0.15) is 18.3 Å². The SMILES string of the molecule is CNC[C@@H](O)COc1ccc(C(F)(F)F)c(-c2nc(-c3c(C)noc3C)c(C)c(N3Cc4cnn(C(C)C)c4C3)n2)c1. The minimum Gasteiger partial charge on any atom is -0.491 e. The molecule has 5 rings (SSSR count). The predicted octanol–water partition coefficient (Wildman–Crippen LogP) is 5.00. The standard InChI is InChI=1S/C29H34F3N7O3/c1-15(2)39-24-13-38(12-19(24)10-34-39)28-16(3)26(25-17(4)37-42-18(25)5)35-27(36-28)22-9-21(41-14-20(40)11-33-6)7-8-23(22)29(30,31)32/h7-10,15,20,33,40H,11-14H2,1-6H3/t20-/m1/s1. The fourth-order valence-corrected chi connectivity index (χ4v) is 5.30. The lowest BCUT2D eigenvalue weighted by atomic mass is 10.0. The van der Waals surface area contributed by atoms with Crippen molar-refractivity contribution in [3.8, 4) is 28.4 Å². The third-order valence-corrected chi connectivity index (χ3v) is 7.29. The summed E-state index contributed by atoms with van der Waals surface area (Å²) in [5, 5.41) is 21.4. The van der Waals surface area contributed by atoms with Crippen LogP contribution >= 0.6 is 0 Å².